The van der Waals surface area contributed by atoms with Crippen LogP contribution in [-0.4, -0.2) is 55.8 Å². The first kappa shape index (κ1) is 28.0. The maximum absolute atomic E-state index is 12.9. The largest absolute Gasteiger partial charge is 0.493 e. The Balaban J connectivity index is 1.56. The van der Waals surface area contributed by atoms with Gasteiger partial charge in [0.25, 0.3) is 0 Å². The number of esters is 1. The monoisotopic (exact) mass is 533 g/mol. The molecular weight excluding hydrogens is 494 g/mol. The van der Waals surface area contributed by atoms with Crippen molar-refractivity contribution >= 4 is 23.2 Å². The van der Waals surface area contributed by atoms with Crippen molar-refractivity contribution in [3.05, 3.63) is 71.4 Å². The van der Waals surface area contributed by atoms with Gasteiger partial charge in [-0.3, -0.25) is 4.90 Å². The number of carbonyl (C=O) groups excluding carboxylic acids is 1. The first-order valence-corrected chi connectivity index (χ1v) is 13.4. The molecule has 0 spiro atoms. The maximum Gasteiger partial charge on any atom is 0.341 e. The normalized spacial score (nSPS) is 17.3. The molecule has 1 aliphatic rings. The first-order chi connectivity index (χ1) is 18.9. The van der Waals surface area contributed by atoms with Gasteiger partial charge in [0.2, 0.25) is 0 Å². The SMILES string of the molecule is CCOC(=O)c1cnc(NCc2ccc(OC)c(OC)c2)c(N)c1N[C@H]1CN(Cc2ccccc2)CC[C@H]1C. The Hall–Kier alpha value is -3.98. The van der Waals surface area contributed by atoms with Crippen molar-refractivity contribution in [2.24, 2.45) is 5.92 Å². The molecule has 4 N–H and O–H groups in total. The smallest absolute Gasteiger partial charge is 0.341 e. The van der Waals surface area contributed by atoms with Gasteiger partial charge in [0.05, 0.1) is 32.2 Å². The Kier molecular flexibility index (Phi) is 9.49. The number of nitrogen functional groups attached to an aromatic ring is 1. The summed E-state index contributed by atoms with van der Waals surface area (Å²) in [6.45, 7) is 7.46. The van der Waals surface area contributed by atoms with Crippen LogP contribution < -0.4 is 25.8 Å². The van der Waals surface area contributed by atoms with Crippen LogP contribution in [0.5, 0.6) is 11.5 Å². The third-order valence-corrected chi connectivity index (χ3v) is 7.14. The summed E-state index contributed by atoms with van der Waals surface area (Å²) in [5.74, 6) is 1.74. The molecule has 1 fully saturated rings. The van der Waals surface area contributed by atoms with E-state index in [1.165, 1.54) is 11.8 Å². The highest BCUT2D eigenvalue weighted by molar-refractivity contribution is 6.00. The van der Waals surface area contributed by atoms with Gasteiger partial charge in [-0.2, -0.15) is 0 Å². The predicted molar refractivity (Wildman–Crippen MR) is 154 cm³/mol. The van der Waals surface area contributed by atoms with E-state index in [-0.39, 0.29) is 12.6 Å². The second kappa shape index (κ2) is 13.2. The summed E-state index contributed by atoms with van der Waals surface area (Å²) < 4.78 is 16.1. The Morgan fingerprint density at radius 2 is 1.87 bits per heavy atom. The molecule has 1 aliphatic heterocycles. The number of aromatic nitrogens is 1. The standard InChI is InChI=1S/C30H39N5O4/c1-5-39-30(36)23-17-33-29(32-16-22-11-12-25(37-3)26(15-22)38-4)27(31)28(23)34-24-19-35(14-13-20(24)2)18-21-9-7-6-8-10-21/h6-12,15,17,20,24H,5,13-14,16,18-19,31H2,1-4H3,(H2,32,33,34)/t20-,24+/m1/s1. The molecule has 0 aliphatic carbocycles. The van der Waals surface area contributed by atoms with Gasteiger partial charge >= 0.3 is 5.97 Å². The molecule has 0 radical (unpaired) electrons. The number of nitrogens with two attached hydrogens (primary N) is 1. The first-order valence-electron chi connectivity index (χ1n) is 13.4. The second-order valence-electron chi connectivity index (χ2n) is 9.81. The summed E-state index contributed by atoms with van der Waals surface area (Å²) in [6, 6.07) is 16.3. The van der Waals surface area contributed by atoms with E-state index >= 15 is 0 Å². The molecule has 1 aromatic heterocycles. The highest BCUT2D eigenvalue weighted by Gasteiger charge is 2.29. The number of methoxy groups -OCH3 is 2. The molecule has 208 valence electrons. The number of anilines is 3. The number of pyridine rings is 1. The summed E-state index contributed by atoms with van der Waals surface area (Å²) in [5, 5.41) is 6.92. The molecule has 9 nitrogen and oxygen atoms in total. The molecule has 0 saturated carbocycles. The van der Waals surface area contributed by atoms with E-state index in [9.17, 15) is 4.79 Å². The zero-order valence-corrected chi connectivity index (χ0v) is 23.2. The van der Waals surface area contributed by atoms with E-state index in [4.69, 9.17) is 19.9 Å². The van der Waals surface area contributed by atoms with Gasteiger partial charge in [-0.15, -0.1) is 0 Å². The average molecular weight is 534 g/mol. The van der Waals surface area contributed by atoms with E-state index in [0.29, 0.717) is 46.7 Å². The van der Waals surface area contributed by atoms with E-state index in [1.54, 1.807) is 21.1 Å². The number of carbonyl (C=O) groups is 1. The lowest BCUT2D eigenvalue weighted by molar-refractivity contribution is 0.0527. The molecule has 39 heavy (non-hydrogen) atoms. The maximum atomic E-state index is 12.9. The van der Waals surface area contributed by atoms with Crippen LogP contribution in [0.3, 0.4) is 0 Å². The Morgan fingerprint density at radius 3 is 2.59 bits per heavy atom. The number of hydrogen-bond donors (Lipinski definition) is 3. The predicted octanol–water partition coefficient (Wildman–Crippen LogP) is 4.79. The molecule has 2 atom stereocenters. The number of rotatable bonds is 11. The van der Waals surface area contributed by atoms with Crippen molar-refractivity contribution < 1.29 is 19.0 Å². The van der Waals surface area contributed by atoms with E-state index in [1.807, 2.05) is 24.3 Å². The van der Waals surface area contributed by atoms with Gasteiger partial charge in [-0.25, -0.2) is 9.78 Å². The quantitative estimate of drug-likeness (QED) is 0.300. The zero-order chi connectivity index (χ0) is 27.8. The van der Waals surface area contributed by atoms with E-state index < -0.39 is 5.97 Å². The van der Waals surface area contributed by atoms with Gasteiger partial charge in [-0.05, 0) is 49.1 Å². The minimum absolute atomic E-state index is 0.0963. The van der Waals surface area contributed by atoms with Crippen LogP contribution >= 0.6 is 0 Å². The zero-order valence-electron chi connectivity index (χ0n) is 23.2. The Labute approximate surface area is 230 Å². The molecule has 0 unspecified atom stereocenters. The van der Waals surface area contributed by atoms with Gasteiger partial charge in [0.15, 0.2) is 17.3 Å². The van der Waals surface area contributed by atoms with Crippen LogP contribution in [0.1, 0.15) is 41.8 Å². The summed E-state index contributed by atoms with van der Waals surface area (Å²) in [6.07, 6.45) is 2.57. The third kappa shape index (κ3) is 6.92. The highest BCUT2D eigenvalue weighted by Crippen LogP contribution is 2.34. The molecule has 4 rings (SSSR count). The molecular formula is C30H39N5O4. The van der Waals surface area contributed by atoms with Crippen LogP contribution in [0.25, 0.3) is 0 Å². The molecule has 1 saturated heterocycles. The summed E-state index contributed by atoms with van der Waals surface area (Å²) >= 11 is 0. The number of piperidine rings is 1. The average Bonchev–Trinajstić information content (AvgIpc) is 2.95. The van der Waals surface area contributed by atoms with Crippen molar-refractivity contribution in [1.29, 1.82) is 0 Å². The van der Waals surface area contributed by atoms with Crippen LogP contribution in [0.4, 0.5) is 17.2 Å². The number of hydrogen-bond acceptors (Lipinski definition) is 9. The lowest BCUT2D eigenvalue weighted by atomic mass is 9.92. The fourth-order valence-electron chi connectivity index (χ4n) is 4.86. The number of benzene rings is 2. The number of nitrogens with zero attached hydrogens (tertiary/aromatic N) is 2. The highest BCUT2D eigenvalue weighted by atomic mass is 16.5. The number of ether oxygens (including phenoxy) is 3. The van der Waals surface area contributed by atoms with Crippen LogP contribution in [-0.2, 0) is 17.8 Å². The van der Waals surface area contributed by atoms with Crippen molar-refractivity contribution in [3.8, 4) is 11.5 Å². The van der Waals surface area contributed by atoms with Gasteiger partial charge < -0.3 is 30.6 Å². The Morgan fingerprint density at radius 1 is 1.10 bits per heavy atom. The van der Waals surface area contributed by atoms with Crippen LogP contribution in [0.15, 0.2) is 54.7 Å². The minimum Gasteiger partial charge on any atom is -0.493 e. The molecule has 0 bridgehead atoms. The van der Waals surface area contributed by atoms with Crippen molar-refractivity contribution in [2.75, 3.05) is 50.3 Å². The number of likely N-dealkylation sites (tertiary alicyclic amines) is 1. The summed E-state index contributed by atoms with van der Waals surface area (Å²) in [7, 11) is 3.21. The van der Waals surface area contributed by atoms with Crippen molar-refractivity contribution in [2.45, 2.75) is 39.4 Å². The van der Waals surface area contributed by atoms with E-state index in [0.717, 1.165) is 31.6 Å². The fraction of sp³-hybridized carbons (Fsp3) is 0.400. The lowest BCUT2D eigenvalue weighted by Gasteiger charge is -2.38. The van der Waals surface area contributed by atoms with Gasteiger partial charge in [-0.1, -0.05) is 43.3 Å². The van der Waals surface area contributed by atoms with E-state index in [2.05, 4.69) is 51.7 Å². The fourth-order valence-corrected chi connectivity index (χ4v) is 4.86. The number of nitrogens with one attached hydrogen (secondary N) is 2. The van der Waals surface area contributed by atoms with Crippen molar-refractivity contribution in [1.82, 2.24) is 9.88 Å². The molecule has 0 amide bonds. The third-order valence-electron chi connectivity index (χ3n) is 7.14. The lowest BCUT2D eigenvalue weighted by Crippen LogP contribution is -2.46. The Bertz CT molecular complexity index is 1250. The molecule has 3 aromatic rings. The van der Waals surface area contributed by atoms with Gasteiger partial charge in [0.1, 0.15) is 5.56 Å². The molecule has 2 heterocycles. The minimum atomic E-state index is -0.449. The summed E-state index contributed by atoms with van der Waals surface area (Å²) in [4.78, 5) is 19.8. The molecule has 9 heteroatoms. The van der Waals surface area contributed by atoms with Crippen molar-refractivity contribution in [3.63, 3.8) is 0 Å². The van der Waals surface area contributed by atoms with Gasteiger partial charge in [0, 0.05) is 31.9 Å². The van der Waals surface area contributed by atoms with Crippen LogP contribution in [0.2, 0.25) is 0 Å². The topological polar surface area (TPSA) is 111 Å². The summed E-state index contributed by atoms with van der Waals surface area (Å²) in [5.41, 5.74) is 10.2. The molecule has 2 aromatic carbocycles. The van der Waals surface area contributed by atoms with Crippen LogP contribution in [0, 0.1) is 5.92 Å². The second-order valence-corrected chi connectivity index (χ2v) is 9.81.